The van der Waals surface area contributed by atoms with Crippen LogP contribution in [0.4, 0.5) is 5.82 Å². The number of carbonyl (C=O) groups is 1. The first-order valence-electron chi connectivity index (χ1n) is 4.71. The molecule has 1 amide bonds. The molecule has 0 unspecified atom stereocenters. The Bertz CT molecular complexity index is 340. The molecule has 1 aromatic heterocycles. The third kappa shape index (κ3) is 3.95. The van der Waals surface area contributed by atoms with Crippen molar-refractivity contribution in [3.63, 3.8) is 0 Å². The van der Waals surface area contributed by atoms with Crippen LogP contribution in [-0.4, -0.2) is 36.4 Å². The second kappa shape index (κ2) is 5.31. The van der Waals surface area contributed by atoms with Crippen LogP contribution in [0, 0.1) is 0 Å². The summed E-state index contributed by atoms with van der Waals surface area (Å²) in [4.78, 5) is 16.6. The zero-order chi connectivity index (χ0) is 11.3. The van der Waals surface area contributed by atoms with E-state index in [1.807, 2.05) is 31.1 Å². The second-order valence-electron chi connectivity index (χ2n) is 3.44. The molecule has 0 saturated heterocycles. The fourth-order valence-electron chi connectivity index (χ4n) is 1.34. The molecule has 0 atom stereocenters. The number of aromatic nitrogens is 1. The highest BCUT2D eigenvalue weighted by atomic mass is 16.1. The van der Waals surface area contributed by atoms with Crippen LogP contribution in [0.3, 0.4) is 0 Å². The van der Waals surface area contributed by atoms with Crippen molar-refractivity contribution >= 4 is 11.7 Å². The molecule has 0 fully saturated rings. The Kier molecular flexibility index (Phi) is 4.05. The zero-order valence-corrected chi connectivity index (χ0v) is 9.03. The van der Waals surface area contributed by atoms with Gasteiger partial charge < -0.3 is 11.1 Å². The standard InChI is InChI=1S/C10H16N4O/c1-12-10-5-8(3-4-13-10)6-14(2)7-9(11)15/h3-5H,6-7H2,1-2H3,(H2,11,15)(H,12,13). The zero-order valence-electron chi connectivity index (χ0n) is 9.03. The Balaban J connectivity index is 2.59. The Morgan fingerprint density at radius 2 is 2.40 bits per heavy atom. The predicted octanol–water partition coefficient (Wildman–Crippen LogP) is 0.0404. The van der Waals surface area contributed by atoms with Crippen molar-refractivity contribution in [2.45, 2.75) is 6.54 Å². The number of likely N-dealkylation sites (N-methyl/N-ethyl adjacent to an activating group) is 1. The SMILES string of the molecule is CNc1cc(CN(C)CC(N)=O)ccn1. The van der Waals surface area contributed by atoms with Crippen LogP contribution in [0.5, 0.6) is 0 Å². The molecule has 0 bridgehead atoms. The number of nitrogens with one attached hydrogen (secondary N) is 1. The number of pyridine rings is 1. The van der Waals surface area contributed by atoms with Crippen molar-refractivity contribution in [2.75, 3.05) is 26.0 Å². The minimum Gasteiger partial charge on any atom is -0.373 e. The molecule has 1 heterocycles. The van der Waals surface area contributed by atoms with Crippen molar-refractivity contribution in [2.24, 2.45) is 5.73 Å². The number of amides is 1. The number of nitrogens with zero attached hydrogens (tertiary/aromatic N) is 2. The van der Waals surface area contributed by atoms with E-state index in [1.54, 1.807) is 6.20 Å². The molecule has 82 valence electrons. The van der Waals surface area contributed by atoms with E-state index >= 15 is 0 Å². The summed E-state index contributed by atoms with van der Waals surface area (Å²) >= 11 is 0. The van der Waals surface area contributed by atoms with E-state index in [4.69, 9.17) is 5.73 Å². The first kappa shape index (κ1) is 11.5. The highest BCUT2D eigenvalue weighted by molar-refractivity contribution is 5.75. The second-order valence-corrected chi connectivity index (χ2v) is 3.44. The average molecular weight is 208 g/mol. The molecule has 0 spiro atoms. The number of hydrogen-bond acceptors (Lipinski definition) is 4. The maximum absolute atomic E-state index is 10.7. The smallest absolute Gasteiger partial charge is 0.231 e. The number of nitrogens with two attached hydrogens (primary N) is 1. The molecule has 1 rings (SSSR count). The summed E-state index contributed by atoms with van der Waals surface area (Å²) in [5.74, 6) is 0.500. The molecule has 15 heavy (non-hydrogen) atoms. The Morgan fingerprint density at radius 1 is 1.67 bits per heavy atom. The average Bonchev–Trinajstić information content (AvgIpc) is 2.16. The van der Waals surface area contributed by atoms with Crippen molar-refractivity contribution in [1.82, 2.24) is 9.88 Å². The Morgan fingerprint density at radius 3 is 3.00 bits per heavy atom. The minimum atomic E-state index is -0.319. The van der Waals surface area contributed by atoms with Gasteiger partial charge in [-0.2, -0.15) is 0 Å². The molecule has 5 nitrogen and oxygen atoms in total. The lowest BCUT2D eigenvalue weighted by Crippen LogP contribution is -2.30. The van der Waals surface area contributed by atoms with Crippen molar-refractivity contribution < 1.29 is 4.79 Å². The topological polar surface area (TPSA) is 71.2 Å². The maximum atomic E-state index is 10.7. The summed E-state index contributed by atoms with van der Waals surface area (Å²) in [6, 6.07) is 3.86. The fraction of sp³-hybridized carbons (Fsp3) is 0.400. The van der Waals surface area contributed by atoms with Crippen LogP contribution < -0.4 is 11.1 Å². The van der Waals surface area contributed by atoms with Gasteiger partial charge in [0.2, 0.25) is 5.91 Å². The van der Waals surface area contributed by atoms with E-state index in [-0.39, 0.29) is 12.5 Å². The van der Waals surface area contributed by atoms with Gasteiger partial charge in [-0.15, -0.1) is 0 Å². The molecular weight excluding hydrogens is 192 g/mol. The van der Waals surface area contributed by atoms with Gasteiger partial charge in [-0.1, -0.05) is 0 Å². The van der Waals surface area contributed by atoms with Crippen LogP contribution >= 0.6 is 0 Å². The van der Waals surface area contributed by atoms with E-state index in [2.05, 4.69) is 10.3 Å². The van der Waals surface area contributed by atoms with Crippen molar-refractivity contribution in [1.29, 1.82) is 0 Å². The van der Waals surface area contributed by atoms with Gasteiger partial charge >= 0.3 is 0 Å². The number of rotatable bonds is 5. The largest absolute Gasteiger partial charge is 0.373 e. The highest BCUT2D eigenvalue weighted by Crippen LogP contribution is 2.07. The monoisotopic (exact) mass is 208 g/mol. The molecule has 5 heteroatoms. The van der Waals surface area contributed by atoms with Crippen molar-refractivity contribution in [3.05, 3.63) is 23.9 Å². The summed E-state index contributed by atoms with van der Waals surface area (Å²) in [5, 5.41) is 2.96. The van der Waals surface area contributed by atoms with Crippen LogP contribution in [0.2, 0.25) is 0 Å². The number of primary amides is 1. The van der Waals surface area contributed by atoms with Gasteiger partial charge in [0.15, 0.2) is 0 Å². The summed E-state index contributed by atoms with van der Waals surface area (Å²) < 4.78 is 0. The van der Waals surface area contributed by atoms with Gasteiger partial charge in [-0.3, -0.25) is 9.69 Å². The Hall–Kier alpha value is -1.62. The van der Waals surface area contributed by atoms with Gasteiger partial charge in [-0.25, -0.2) is 4.98 Å². The third-order valence-corrected chi connectivity index (χ3v) is 1.96. The lowest BCUT2D eigenvalue weighted by molar-refractivity contribution is -0.118. The van der Waals surface area contributed by atoms with Gasteiger partial charge in [0.1, 0.15) is 5.82 Å². The van der Waals surface area contributed by atoms with E-state index in [0.29, 0.717) is 6.54 Å². The van der Waals surface area contributed by atoms with E-state index in [1.165, 1.54) is 0 Å². The Labute approximate surface area is 89.3 Å². The van der Waals surface area contributed by atoms with Gasteiger partial charge in [0.05, 0.1) is 6.54 Å². The minimum absolute atomic E-state index is 0.261. The highest BCUT2D eigenvalue weighted by Gasteiger charge is 2.04. The van der Waals surface area contributed by atoms with Crippen LogP contribution in [0.1, 0.15) is 5.56 Å². The summed E-state index contributed by atoms with van der Waals surface area (Å²) in [6.07, 6.45) is 1.74. The summed E-state index contributed by atoms with van der Waals surface area (Å²) in [5.41, 5.74) is 6.19. The fourth-order valence-corrected chi connectivity index (χ4v) is 1.34. The first-order chi connectivity index (χ1) is 7.11. The van der Waals surface area contributed by atoms with Crippen LogP contribution in [0.25, 0.3) is 0 Å². The van der Waals surface area contributed by atoms with Gasteiger partial charge in [-0.05, 0) is 24.7 Å². The van der Waals surface area contributed by atoms with Crippen LogP contribution in [-0.2, 0) is 11.3 Å². The van der Waals surface area contributed by atoms with E-state index in [9.17, 15) is 4.79 Å². The molecule has 0 aliphatic rings. The summed E-state index contributed by atoms with van der Waals surface area (Å²) in [6.45, 7) is 0.942. The lowest BCUT2D eigenvalue weighted by Gasteiger charge is -2.14. The number of anilines is 1. The van der Waals surface area contributed by atoms with Gasteiger partial charge in [0.25, 0.3) is 0 Å². The van der Waals surface area contributed by atoms with Crippen molar-refractivity contribution in [3.8, 4) is 0 Å². The molecule has 0 aromatic carbocycles. The van der Waals surface area contributed by atoms with Gasteiger partial charge in [0, 0.05) is 19.8 Å². The van der Waals surface area contributed by atoms with Crippen LogP contribution in [0.15, 0.2) is 18.3 Å². The molecule has 0 aliphatic carbocycles. The molecular formula is C10H16N4O. The third-order valence-electron chi connectivity index (χ3n) is 1.96. The molecule has 0 aliphatic heterocycles. The maximum Gasteiger partial charge on any atom is 0.231 e. The number of hydrogen-bond donors (Lipinski definition) is 2. The molecule has 0 radical (unpaired) electrons. The first-order valence-corrected chi connectivity index (χ1v) is 4.71. The summed E-state index contributed by atoms with van der Waals surface area (Å²) in [7, 11) is 3.67. The quantitative estimate of drug-likeness (QED) is 0.716. The predicted molar refractivity (Wildman–Crippen MR) is 59.3 cm³/mol. The lowest BCUT2D eigenvalue weighted by atomic mass is 10.2. The molecule has 1 aromatic rings. The number of carbonyl (C=O) groups excluding carboxylic acids is 1. The molecule has 3 N–H and O–H groups in total. The molecule has 0 saturated carbocycles. The normalized spacial score (nSPS) is 10.3. The van der Waals surface area contributed by atoms with E-state index < -0.39 is 0 Å². The van der Waals surface area contributed by atoms with E-state index in [0.717, 1.165) is 11.4 Å².